The van der Waals surface area contributed by atoms with Crippen molar-refractivity contribution in [1.29, 1.82) is 0 Å². The van der Waals surface area contributed by atoms with E-state index in [9.17, 15) is 9.59 Å². The molecule has 28 heavy (non-hydrogen) atoms. The average molecular weight is 383 g/mol. The standard InChI is InChI=1S/C23H29NO4/c1-8-24(9-2)23(26)28-20-13-11-15(4)17(6)22(20)21-16(5)14(3)10-12-19(21)27-18(7)25/h10-13H,8-9H2,1-7H3. The number of rotatable bonds is 5. The third-order valence-corrected chi connectivity index (χ3v) is 5.12. The van der Waals surface area contributed by atoms with Gasteiger partial charge in [-0.1, -0.05) is 12.1 Å². The van der Waals surface area contributed by atoms with Crippen LogP contribution in [0.2, 0.25) is 0 Å². The number of amides is 1. The van der Waals surface area contributed by atoms with Crippen LogP contribution in [0.1, 0.15) is 43.0 Å². The zero-order valence-corrected chi connectivity index (χ0v) is 17.8. The molecule has 150 valence electrons. The largest absolute Gasteiger partial charge is 0.426 e. The minimum absolute atomic E-state index is 0.392. The first-order valence-electron chi connectivity index (χ1n) is 9.57. The van der Waals surface area contributed by atoms with Crippen molar-refractivity contribution in [2.75, 3.05) is 13.1 Å². The van der Waals surface area contributed by atoms with Gasteiger partial charge in [0.25, 0.3) is 0 Å². The highest BCUT2D eigenvalue weighted by Crippen LogP contribution is 2.43. The lowest BCUT2D eigenvalue weighted by molar-refractivity contribution is -0.131. The molecular formula is C23H29NO4. The highest BCUT2D eigenvalue weighted by atomic mass is 16.6. The first-order valence-corrected chi connectivity index (χ1v) is 9.57. The fraction of sp³-hybridized carbons (Fsp3) is 0.391. The van der Waals surface area contributed by atoms with E-state index in [0.717, 1.165) is 33.4 Å². The van der Waals surface area contributed by atoms with Crippen molar-refractivity contribution in [3.05, 3.63) is 46.5 Å². The molecule has 0 spiro atoms. The lowest BCUT2D eigenvalue weighted by Crippen LogP contribution is -2.33. The Labute approximate surface area is 167 Å². The van der Waals surface area contributed by atoms with E-state index in [1.807, 2.05) is 53.7 Å². The van der Waals surface area contributed by atoms with Crippen LogP contribution < -0.4 is 9.47 Å². The summed E-state index contributed by atoms with van der Waals surface area (Å²) < 4.78 is 11.3. The zero-order chi connectivity index (χ0) is 21.0. The van der Waals surface area contributed by atoms with Crippen molar-refractivity contribution >= 4 is 12.1 Å². The van der Waals surface area contributed by atoms with Gasteiger partial charge >= 0.3 is 12.1 Å². The number of esters is 1. The Morgan fingerprint density at radius 3 is 1.61 bits per heavy atom. The highest BCUT2D eigenvalue weighted by molar-refractivity contribution is 5.86. The number of nitrogens with zero attached hydrogens (tertiary/aromatic N) is 1. The Morgan fingerprint density at radius 2 is 1.21 bits per heavy atom. The summed E-state index contributed by atoms with van der Waals surface area (Å²) >= 11 is 0. The molecule has 0 bridgehead atoms. The molecule has 0 atom stereocenters. The lowest BCUT2D eigenvalue weighted by Gasteiger charge is -2.22. The van der Waals surface area contributed by atoms with E-state index in [1.165, 1.54) is 6.92 Å². The van der Waals surface area contributed by atoms with Crippen LogP contribution >= 0.6 is 0 Å². The van der Waals surface area contributed by atoms with Gasteiger partial charge in [0.15, 0.2) is 0 Å². The first kappa shape index (κ1) is 21.5. The molecule has 1 amide bonds. The van der Waals surface area contributed by atoms with Crippen LogP contribution in [-0.2, 0) is 4.79 Å². The monoisotopic (exact) mass is 383 g/mol. The summed E-state index contributed by atoms with van der Waals surface area (Å²) in [7, 11) is 0. The summed E-state index contributed by atoms with van der Waals surface area (Å²) in [5.74, 6) is 0.531. The van der Waals surface area contributed by atoms with E-state index in [1.54, 1.807) is 17.0 Å². The summed E-state index contributed by atoms with van der Waals surface area (Å²) in [5, 5.41) is 0. The normalized spacial score (nSPS) is 10.5. The van der Waals surface area contributed by atoms with Gasteiger partial charge in [-0.25, -0.2) is 4.79 Å². The predicted molar refractivity (Wildman–Crippen MR) is 111 cm³/mol. The Balaban J connectivity index is 2.72. The molecule has 0 heterocycles. The van der Waals surface area contributed by atoms with Gasteiger partial charge in [-0.3, -0.25) is 4.79 Å². The van der Waals surface area contributed by atoms with Gasteiger partial charge in [0, 0.05) is 31.1 Å². The van der Waals surface area contributed by atoms with Crippen LogP contribution in [0.4, 0.5) is 4.79 Å². The summed E-state index contributed by atoms with van der Waals surface area (Å²) in [6.07, 6.45) is -0.395. The molecule has 0 aliphatic carbocycles. The van der Waals surface area contributed by atoms with E-state index in [4.69, 9.17) is 9.47 Å². The average Bonchev–Trinajstić information content (AvgIpc) is 2.64. The van der Waals surface area contributed by atoms with Gasteiger partial charge < -0.3 is 14.4 Å². The van der Waals surface area contributed by atoms with E-state index >= 15 is 0 Å². The molecule has 2 rings (SSSR count). The van der Waals surface area contributed by atoms with E-state index in [-0.39, 0.29) is 0 Å². The van der Waals surface area contributed by atoms with Crippen molar-refractivity contribution in [1.82, 2.24) is 4.90 Å². The highest BCUT2D eigenvalue weighted by Gasteiger charge is 2.22. The molecule has 5 nitrogen and oxygen atoms in total. The molecule has 0 aliphatic heterocycles. The van der Waals surface area contributed by atoms with Crippen LogP contribution in [-0.4, -0.2) is 30.1 Å². The third-order valence-electron chi connectivity index (χ3n) is 5.12. The summed E-state index contributed by atoms with van der Waals surface area (Å²) in [6.45, 7) is 14.3. The molecule has 5 heteroatoms. The van der Waals surface area contributed by atoms with Gasteiger partial charge in [-0.05, 0) is 75.9 Å². The predicted octanol–water partition coefficient (Wildman–Crippen LogP) is 5.35. The van der Waals surface area contributed by atoms with Crippen molar-refractivity contribution in [2.45, 2.75) is 48.5 Å². The molecule has 0 unspecified atom stereocenters. The smallest absolute Gasteiger partial charge is 0.415 e. The molecule has 0 fully saturated rings. The van der Waals surface area contributed by atoms with Gasteiger partial charge in [-0.15, -0.1) is 0 Å². The Morgan fingerprint density at radius 1 is 0.786 bits per heavy atom. The number of aryl methyl sites for hydroxylation is 2. The minimum Gasteiger partial charge on any atom is -0.426 e. The number of carbonyl (C=O) groups excluding carboxylic acids is 2. The van der Waals surface area contributed by atoms with Gasteiger partial charge in [0.1, 0.15) is 11.5 Å². The topological polar surface area (TPSA) is 55.8 Å². The fourth-order valence-corrected chi connectivity index (χ4v) is 3.17. The first-order chi connectivity index (χ1) is 13.2. The van der Waals surface area contributed by atoms with Gasteiger partial charge in [0.2, 0.25) is 0 Å². The Bertz CT molecular complexity index is 898. The molecule has 0 aromatic heterocycles. The Kier molecular flexibility index (Phi) is 6.84. The molecule has 0 aliphatic rings. The second-order valence-corrected chi connectivity index (χ2v) is 6.90. The van der Waals surface area contributed by atoms with E-state index in [0.29, 0.717) is 24.6 Å². The van der Waals surface area contributed by atoms with Crippen molar-refractivity contribution in [2.24, 2.45) is 0 Å². The number of hydrogen-bond acceptors (Lipinski definition) is 4. The van der Waals surface area contributed by atoms with Crippen LogP contribution in [0.15, 0.2) is 24.3 Å². The summed E-state index contributed by atoms with van der Waals surface area (Å²) in [5.41, 5.74) is 5.64. The van der Waals surface area contributed by atoms with E-state index < -0.39 is 12.1 Å². The van der Waals surface area contributed by atoms with Crippen LogP contribution in [0, 0.1) is 27.7 Å². The van der Waals surface area contributed by atoms with Gasteiger partial charge in [0.05, 0.1) is 0 Å². The second-order valence-electron chi connectivity index (χ2n) is 6.90. The van der Waals surface area contributed by atoms with Crippen molar-refractivity contribution in [3.63, 3.8) is 0 Å². The number of benzene rings is 2. The number of carbonyl (C=O) groups is 2. The molecule has 0 N–H and O–H groups in total. The van der Waals surface area contributed by atoms with Gasteiger partial charge in [-0.2, -0.15) is 0 Å². The van der Waals surface area contributed by atoms with E-state index in [2.05, 4.69) is 0 Å². The minimum atomic E-state index is -0.395. The molecular weight excluding hydrogens is 354 g/mol. The zero-order valence-electron chi connectivity index (χ0n) is 17.8. The van der Waals surface area contributed by atoms with Crippen molar-refractivity contribution in [3.8, 4) is 22.6 Å². The van der Waals surface area contributed by atoms with Crippen LogP contribution in [0.5, 0.6) is 11.5 Å². The second kappa shape index (κ2) is 8.91. The maximum Gasteiger partial charge on any atom is 0.415 e. The third kappa shape index (κ3) is 4.35. The molecule has 2 aromatic carbocycles. The van der Waals surface area contributed by atoms with Crippen molar-refractivity contribution < 1.29 is 19.1 Å². The fourth-order valence-electron chi connectivity index (χ4n) is 3.17. The maximum absolute atomic E-state index is 12.6. The SMILES string of the molecule is CCN(CC)C(=O)Oc1ccc(C)c(C)c1-c1c(OC(C)=O)ccc(C)c1C. The Hall–Kier alpha value is -2.82. The number of ether oxygens (including phenoxy) is 2. The van der Waals surface area contributed by atoms with Crippen LogP contribution in [0.25, 0.3) is 11.1 Å². The summed E-state index contributed by atoms with van der Waals surface area (Å²) in [6, 6.07) is 7.44. The molecule has 0 saturated heterocycles. The summed E-state index contributed by atoms with van der Waals surface area (Å²) in [4.78, 5) is 25.9. The van der Waals surface area contributed by atoms with Crippen LogP contribution in [0.3, 0.4) is 0 Å². The molecule has 2 aromatic rings. The molecule has 0 saturated carbocycles. The molecule has 0 radical (unpaired) electrons. The lowest BCUT2D eigenvalue weighted by atomic mass is 9.90. The maximum atomic E-state index is 12.6. The number of hydrogen-bond donors (Lipinski definition) is 0. The quantitative estimate of drug-likeness (QED) is 0.516.